The van der Waals surface area contributed by atoms with E-state index in [1.165, 1.54) is 55.2 Å². The maximum absolute atomic E-state index is 5.81. The Balaban J connectivity index is 1.54. The Morgan fingerprint density at radius 2 is 1.79 bits per heavy atom. The van der Waals surface area contributed by atoms with Crippen LogP contribution < -0.4 is 4.74 Å². The first kappa shape index (κ1) is 16.8. The van der Waals surface area contributed by atoms with E-state index >= 15 is 0 Å². The summed E-state index contributed by atoms with van der Waals surface area (Å²) in [7, 11) is 0. The highest BCUT2D eigenvalue weighted by atomic mass is 16.5. The summed E-state index contributed by atoms with van der Waals surface area (Å²) in [5.74, 6) is 1.84. The summed E-state index contributed by atoms with van der Waals surface area (Å²) >= 11 is 0. The summed E-state index contributed by atoms with van der Waals surface area (Å²) in [4.78, 5) is 0. The van der Waals surface area contributed by atoms with Crippen molar-refractivity contribution in [3.63, 3.8) is 0 Å². The first-order valence-corrected chi connectivity index (χ1v) is 9.31. The van der Waals surface area contributed by atoms with Gasteiger partial charge in [0, 0.05) is 0 Å². The molecule has 1 unspecified atom stereocenters. The highest BCUT2D eigenvalue weighted by molar-refractivity contribution is 5.66. The molecule has 1 heteroatoms. The maximum Gasteiger partial charge on any atom is 0.119 e. The largest absolute Gasteiger partial charge is 0.489 e. The predicted molar refractivity (Wildman–Crippen MR) is 102 cm³/mol. The Bertz CT molecular complexity index is 639. The summed E-state index contributed by atoms with van der Waals surface area (Å²) in [6, 6.07) is 18.9. The smallest absolute Gasteiger partial charge is 0.119 e. The second-order valence-corrected chi connectivity index (χ2v) is 6.81. The zero-order valence-electron chi connectivity index (χ0n) is 14.7. The van der Waals surface area contributed by atoms with Gasteiger partial charge in [0.15, 0.2) is 0 Å². The van der Waals surface area contributed by atoms with Crippen molar-refractivity contribution in [1.82, 2.24) is 0 Å². The van der Waals surface area contributed by atoms with Gasteiger partial charge in [-0.05, 0) is 54.0 Å². The normalized spacial score (nSPS) is 17.4. The minimum Gasteiger partial charge on any atom is -0.489 e. The minimum atomic E-state index is 0.627. The number of hydrogen-bond donors (Lipinski definition) is 0. The van der Waals surface area contributed by atoms with E-state index in [1.807, 2.05) is 30.3 Å². The van der Waals surface area contributed by atoms with Gasteiger partial charge in [-0.25, -0.2) is 0 Å². The van der Waals surface area contributed by atoms with Crippen molar-refractivity contribution in [2.45, 2.75) is 52.1 Å². The maximum atomic E-state index is 5.81. The van der Waals surface area contributed by atoms with Crippen LogP contribution in [0.25, 0.3) is 5.57 Å². The molecule has 0 bridgehead atoms. The van der Waals surface area contributed by atoms with Gasteiger partial charge in [0.1, 0.15) is 12.4 Å². The predicted octanol–water partition coefficient (Wildman–Crippen LogP) is 6.64. The lowest BCUT2D eigenvalue weighted by Crippen LogP contribution is -2.05. The van der Waals surface area contributed by atoms with Gasteiger partial charge < -0.3 is 4.74 Å². The molecule has 1 nitrogen and oxygen atoms in total. The van der Waals surface area contributed by atoms with Crippen molar-refractivity contribution in [3.05, 3.63) is 71.8 Å². The van der Waals surface area contributed by atoms with Crippen LogP contribution in [0.4, 0.5) is 0 Å². The molecule has 0 saturated carbocycles. The zero-order chi connectivity index (χ0) is 16.6. The molecule has 0 spiro atoms. The van der Waals surface area contributed by atoms with Gasteiger partial charge >= 0.3 is 0 Å². The lowest BCUT2D eigenvalue weighted by Gasteiger charge is -2.22. The van der Waals surface area contributed by atoms with Gasteiger partial charge in [0.2, 0.25) is 0 Å². The third-order valence-electron chi connectivity index (χ3n) is 4.96. The highest BCUT2D eigenvalue weighted by Crippen LogP contribution is 2.32. The van der Waals surface area contributed by atoms with Crippen LogP contribution in [0.3, 0.4) is 0 Å². The van der Waals surface area contributed by atoms with Crippen molar-refractivity contribution in [2.75, 3.05) is 0 Å². The first-order chi connectivity index (χ1) is 11.8. The van der Waals surface area contributed by atoms with Gasteiger partial charge in [-0.1, -0.05) is 74.7 Å². The fraction of sp³-hybridized carbons (Fsp3) is 0.391. The number of unbranched alkanes of at least 4 members (excludes halogenated alkanes) is 1. The van der Waals surface area contributed by atoms with Crippen LogP contribution in [0.15, 0.2) is 60.7 Å². The van der Waals surface area contributed by atoms with E-state index in [-0.39, 0.29) is 0 Å². The summed E-state index contributed by atoms with van der Waals surface area (Å²) in [6.07, 6.45) is 10.4. The number of ether oxygens (including phenoxy) is 1. The zero-order valence-corrected chi connectivity index (χ0v) is 14.7. The van der Waals surface area contributed by atoms with Gasteiger partial charge in [-0.15, -0.1) is 0 Å². The van der Waals surface area contributed by atoms with E-state index in [1.54, 1.807) is 0 Å². The van der Waals surface area contributed by atoms with Crippen LogP contribution in [0.1, 0.15) is 56.6 Å². The molecule has 0 saturated heterocycles. The standard InChI is InChI=1S/C23H28O/c1-2-3-7-19-10-14-21(15-11-19)22-16-12-20(13-17-22)18-24-23-8-5-4-6-9-23/h4-6,8-9,12-14,16-17,19H,2-3,7,10-11,15,18H2,1H3. The number of allylic oxidation sites excluding steroid dienone is 2. The molecule has 0 aromatic heterocycles. The topological polar surface area (TPSA) is 9.23 Å². The number of rotatable bonds is 7. The Labute approximate surface area is 146 Å². The van der Waals surface area contributed by atoms with E-state index in [9.17, 15) is 0 Å². The molecule has 24 heavy (non-hydrogen) atoms. The van der Waals surface area contributed by atoms with Gasteiger partial charge in [0.05, 0.1) is 0 Å². The van der Waals surface area contributed by atoms with Crippen molar-refractivity contribution in [1.29, 1.82) is 0 Å². The van der Waals surface area contributed by atoms with Crippen molar-refractivity contribution in [3.8, 4) is 5.75 Å². The van der Waals surface area contributed by atoms with Crippen molar-refractivity contribution in [2.24, 2.45) is 5.92 Å². The van der Waals surface area contributed by atoms with Crippen LogP contribution in [0, 0.1) is 5.92 Å². The van der Waals surface area contributed by atoms with Crippen molar-refractivity contribution < 1.29 is 4.74 Å². The SMILES string of the molecule is CCCCC1CC=C(c2ccc(COc3ccccc3)cc2)CC1. The molecule has 1 atom stereocenters. The fourth-order valence-corrected chi connectivity index (χ4v) is 3.40. The summed E-state index contributed by atoms with van der Waals surface area (Å²) < 4.78 is 5.81. The van der Waals surface area contributed by atoms with E-state index < -0.39 is 0 Å². The fourth-order valence-electron chi connectivity index (χ4n) is 3.40. The third kappa shape index (κ3) is 4.74. The molecule has 0 radical (unpaired) electrons. The number of para-hydroxylation sites is 1. The molecule has 3 rings (SSSR count). The molecule has 2 aromatic rings. The average molecular weight is 320 g/mol. The Kier molecular flexibility index (Phi) is 6.12. The molecular formula is C23H28O. The number of hydrogen-bond acceptors (Lipinski definition) is 1. The monoisotopic (exact) mass is 320 g/mol. The molecule has 2 aromatic carbocycles. The number of benzene rings is 2. The Hall–Kier alpha value is -2.02. The van der Waals surface area contributed by atoms with Crippen LogP contribution in [0.2, 0.25) is 0 Å². The quantitative estimate of drug-likeness (QED) is 0.555. The average Bonchev–Trinajstić information content (AvgIpc) is 2.66. The van der Waals surface area contributed by atoms with Gasteiger partial charge in [0.25, 0.3) is 0 Å². The first-order valence-electron chi connectivity index (χ1n) is 9.31. The van der Waals surface area contributed by atoms with E-state index in [0.29, 0.717) is 6.61 Å². The van der Waals surface area contributed by atoms with Crippen LogP contribution in [-0.2, 0) is 6.61 Å². The molecule has 0 aliphatic heterocycles. The van der Waals surface area contributed by atoms with E-state index in [2.05, 4.69) is 37.3 Å². The van der Waals surface area contributed by atoms with E-state index in [0.717, 1.165) is 11.7 Å². The Morgan fingerprint density at radius 1 is 1.00 bits per heavy atom. The lowest BCUT2D eigenvalue weighted by atomic mass is 9.84. The highest BCUT2D eigenvalue weighted by Gasteiger charge is 2.14. The summed E-state index contributed by atoms with van der Waals surface area (Å²) in [5, 5.41) is 0. The molecule has 1 aliphatic rings. The molecule has 1 aliphatic carbocycles. The Morgan fingerprint density at radius 3 is 2.46 bits per heavy atom. The summed E-state index contributed by atoms with van der Waals surface area (Å²) in [5.41, 5.74) is 4.13. The second-order valence-electron chi connectivity index (χ2n) is 6.81. The molecule has 0 heterocycles. The third-order valence-corrected chi connectivity index (χ3v) is 4.96. The minimum absolute atomic E-state index is 0.627. The summed E-state index contributed by atoms with van der Waals surface area (Å²) in [6.45, 7) is 2.91. The molecular weight excluding hydrogens is 292 g/mol. The van der Waals surface area contributed by atoms with Gasteiger partial charge in [-0.2, -0.15) is 0 Å². The van der Waals surface area contributed by atoms with Crippen LogP contribution in [0.5, 0.6) is 5.75 Å². The lowest BCUT2D eigenvalue weighted by molar-refractivity contribution is 0.306. The van der Waals surface area contributed by atoms with Crippen LogP contribution in [-0.4, -0.2) is 0 Å². The molecule has 0 N–H and O–H groups in total. The van der Waals surface area contributed by atoms with Crippen molar-refractivity contribution >= 4 is 5.57 Å². The van der Waals surface area contributed by atoms with Crippen LogP contribution >= 0.6 is 0 Å². The second kappa shape index (κ2) is 8.73. The molecule has 126 valence electrons. The molecule has 0 amide bonds. The van der Waals surface area contributed by atoms with Gasteiger partial charge in [-0.3, -0.25) is 0 Å². The molecule has 0 fully saturated rings. The van der Waals surface area contributed by atoms with E-state index in [4.69, 9.17) is 4.74 Å².